The van der Waals surface area contributed by atoms with Crippen LogP contribution in [0.3, 0.4) is 0 Å². The van der Waals surface area contributed by atoms with Gasteiger partial charge in [0.1, 0.15) is 0 Å². The molecule has 2 heterocycles. The highest BCUT2D eigenvalue weighted by Crippen LogP contribution is 2.40. The number of rotatable bonds is 2. The van der Waals surface area contributed by atoms with Crippen molar-refractivity contribution in [3.05, 3.63) is 64.7 Å². The maximum atomic E-state index is 12.1. The number of nitriles is 2. The monoisotopic (exact) mass is 328 g/mol. The van der Waals surface area contributed by atoms with E-state index >= 15 is 0 Å². The van der Waals surface area contributed by atoms with Crippen LogP contribution in [-0.4, -0.2) is 17.4 Å². The second kappa shape index (κ2) is 5.96. The van der Waals surface area contributed by atoms with Crippen LogP contribution in [0.4, 0.5) is 5.69 Å². The van der Waals surface area contributed by atoms with E-state index in [1.165, 1.54) is 0 Å². The first-order valence-corrected chi connectivity index (χ1v) is 8.31. The molecule has 0 saturated carbocycles. The van der Waals surface area contributed by atoms with Crippen molar-refractivity contribution in [3.8, 4) is 12.3 Å². The van der Waals surface area contributed by atoms with E-state index in [-0.39, 0.29) is 11.9 Å². The van der Waals surface area contributed by atoms with Gasteiger partial charge in [-0.2, -0.15) is 10.5 Å². The number of amides is 1. The predicted octanol–water partition coefficient (Wildman–Crippen LogP) is 3.07. The van der Waals surface area contributed by atoms with Crippen molar-refractivity contribution in [1.82, 2.24) is 4.90 Å². The Morgan fingerprint density at radius 1 is 1.08 bits per heavy atom. The number of nitrogens with zero attached hydrogens (tertiary/aromatic N) is 4. The minimum atomic E-state index is -0.284. The average molecular weight is 328 g/mol. The Balaban J connectivity index is 1.85. The molecule has 1 atom stereocenters. The first-order chi connectivity index (χ1) is 12.2. The van der Waals surface area contributed by atoms with Crippen molar-refractivity contribution in [3.63, 3.8) is 0 Å². The number of carbonyl (C=O) groups is 1. The van der Waals surface area contributed by atoms with Crippen LogP contribution >= 0.6 is 0 Å². The van der Waals surface area contributed by atoms with Crippen LogP contribution in [0.1, 0.15) is 41.1 Å². The molecule has 2 aromatic rings. The molecule has 2 aromatic carbocycles. The Kier molecular flexibility index (Phi) is 3.63. The lowest BCUT2D eigenvalue weighted by atomic mass is 9.94. The number of benzene rings is 2. The molecule has 2 aliphatic heterocycles. The Labute approximate surface area is 146 Å². The Morgan fingerprint density at radius 3 is 2.64 bits per heavy atom. The zero-order valence-corrected chi connectivity index (χ0v) is 13.6. The van der Waals surface area contributed by atoms with Gasteiger partial charge in [0.25, 0.3) is 0 Å². The van der Waals surface area contributed by atoms with Gasteiger partial charge in [0.05, 0.1) is 24.2 Å². The Hall–Kier alpha value is -3.31. The van der Waals surface area contributed by atoms with E-state index in [1.54, 1.807) is 15.9 Å². The van der Waals surface area contributed by atoms with E-state index in [0.29, 0.717) is 25.1 Å². The SMILES string of the molecule is N#Cc1ccc(N2CCCC2=O)cc1C1c2ccccc2CN1C#N. The standard InChI is InChI=1S/C20H16N4O/c21-11-14-7-8-16(24-9-3-6-19(24)25)10-18(14)20-17-5-2-1-4-15(17)12-23(20)13-22/h1-2,4-5,7-8,10,20H,3,6,9,12H2. The van der Waals surface area contributed by atoms with Crippen LogP contribution in [-0.2, 0) is 11.3 Å². The van der Waals surface area contributed by atoms with Crippen molar-refractivity contribution in [2.75, 3.05) is 11.4 Å². The summed E-state index contributed by atoms with van der Waals surface area (Å²) in [7, 11) is 0. The molecule has 0 N–H and O–H groups in total. The lowest BCUT2D eigenvalue weighted by Gasteiger charge is -2.23. The summed E-state index contributed by atoms with van der Waals surface area (Å²) < 4.78 is 0. The van der Waals surface area contributed by atoms with Crippen molar-refractivity contribution in [1.29, 1.82) is 10.5 Å². The largest absolute Gasteiger partial charge is 0.312 e. The molecule has 0 bridgehead atoms. The summed E-state index contributed by atoms with van der Waals surface area (Å²) in [4.78, 5) is 15.5. The molecule has 1 saturated heterocycles. The summed E-state index contributed by atoms with van der Waals surface area (Å²) in [5, 5.41) is 19.1. The van der Waals surface area contributed by atoms with E-state index in [9.17, 15) is 15.3 Å². The third kappa shape index (κ3) is 2.42. The maximum Gasteiger partial charge on any atom is 0.227 e. The molecule has 5 nitrogen and oxygen atoms in total. The lowest BCUT2D eigenvalue weighted by molar-refractivity contribution is -0.117. The van der Waals surface area contributed by atoms with E-state index in [4.69, 9.17) is 0 Å². The van der Waals surface area contributed by atoms with E-state index in [2.05, 4.69) is 12.3 Å². The molecule has 1 amide bonds. The minimum Gasteiger partial charge on any atom is -0.312 e. The molecule has 0 aliphatic carbocycles. The summed E-state index contributed by atoms with van der Waals surface area (Å²) in [6, 6.07) is 15.4. The highest BCUT2D eigenvalue weighted by Gasteiger charge is 2.33. The van der Waals surface area contributed by atoms with Crippen molar-refractivity contribution in [2.45, 2.75) is 25.4 Å². The molecule has 1 fully saturated rings. The average Bonchev–Trinajstić information content (AvgIpc) is 3.24. The third-order valence-corrected chi connectivity index (χ3v) is 4.97. The summed E-state index contributed by atoms with van der Waals surface area (Å²) in [6.07, 6.45) is 3.67. The van der Waals surface area contributed by atoms with E-state index in [1.807, 2.05) is 36.4 Å². The van der Waals surface area contributed by atoms with Gasteiger partial charge in [-0.25, -0.2) is 0 Å². The third-order valence-electron chi connectivity index (χ3n) is 4.97. The molecular weight excluding hydrogens is 312 g/mol. The van der Waals surface area contributed by atoms with Crippen molar-refractivity contribution < 1.29 is 4.79 Å². The summed E-state index contributed by atoms with van der Waals surface area (Å²) in [6.45, 7) is 1.24. The smallest absolute Gasteiger partial charge is 0.227 e. The Bertz CT molecular complexity index is 937. The van der Waals surface area contributed by atoms with E-state index in [0.717, 1.165) is 28.8 Å². The van der Waals surface area contributed by atoms with Crippen LogP contribution in [0.5, 0.6) is 0 Å². The topological polar surface area (TPSA) is 71.1 Å². The quantitative estimate of drug-likeness (QED) is 0.794. The van der Waals surface area contributed by atoms with Gasteiger partial charge >= 0.3 is 0 Å². The summed E-state index contributed by atoms with van der Waals surface area (Å²) >= 11 is 0. The summed E-state index contributed by atoms with van der Waals surface area (Å²) in [5.74, 6) is 0.111. The van der Waals surface area contributed by atoms with Gasteiger partial charge in [-0.15, -0.1) is 0 Å². The molecule has 25 heavy (non-hydrogen) atoms. The fourth-order valence-electron chi connectivity index (χ4n) is 3.78. The molecule has 2 aliphatic rings. The van der Waals surface area contributed by atoms with Crippen molar-refractivity contribution in [2.24, 2.45) is 0 Å². The molecular formula is C20H16N4O. The summed E-state index contributed by atoms with van der Waals surface area (Å²) in [5.41, 5.74) is 4.27. The fraction of sp³-hybridized carbons (Fsp3) is 0.250. The number of anilines is 1. The van der Waals surface area contributed by atoms with E-state index < -0.39 is 0 Å². The van der Waals surface area contributed by atoms with Crippen LogP contribution in [0.2, 0.25) is 0 Å². The number of hydrogen-bond acceptors (Lipinski definition) is 4. The van der Waals surface area contributed by atoms with Crippen LogP contribution < -0.4 is 4.90 Å². The van der Waals surface area contributed by atoms with Gasteiger partial charge in [-0.1, -0.05) is 24.3 Å². The second-order valence-electron chi connectivity index (χ2n) is 6.36. The highest BCUT2D eigenvalue weighted by molar-refractivity contribution is 5.95. The van der Waals surface area contributed by atoms with Crippen molar-refractivity contribution >= 4 is 11.6 Å². The highest BCUT2D eigenvalue weighted by atomic mass is 16.2. The second-order valence-corrected chi connectivity index (χ2v) is 6.36. The fourth-order valence-corrected chi connectivity index (χ4v) is 3.78. The normalized spacial score (nSPS) is 18.8. The molecule has 122 valence electrons. The van der Waals surface area contributed by atoms with Crippen LogP contribution in [0.25, 0.3) is 0 Å². The maximum absolute atomic E-state index is 12.1. The number of carbonyl (C=O) groups excluding carboxylic acids is 1. The van der Waals surface area contributed by atoms with Crippen LogP contribution in [0, 0.1) is 22.8 Å². The van der Waals surface area contributed by atoms with Gasteiger partial charge in [0.15, 0.2) is 6.19 Å². The van der Waals surface area contributed by atoms with Gasteiger partial charge in [0.2, 0.25) is 5.91 Å². The van der Waals surface area contributed by atoms with Gasteiger partial charge < -0.3 is 4.90 Å². The lowest BCUT2D eigenvalue weighted by Crippen LogP contribution is -2.24. The molecule has 4 rings (SSSR count). The Morgan fingerprint density at radius 2 is 1.92 bits per heavy atom. The molecule has 5 heteroatoms. The first-order valence-electron chi connectivity index (χ1n) is 8.31. The zero-order chi connectivity index (χ0) is 17.4. The molecule has 0 aromatic heterocycles. The minimum absolute atomic E-state index is 0.111. The van der Waals surface area contributed by atoms with Gasteiger partial charge in [0, 0.05) is 18.7 Å². The van der Waals surface area contributed by atoms with Gasteiger partial charge in [-0.3, -0.25) is 9.69 Å². The first kappa shape index (κ1) is 15.2. The van der Waals surface area contributed by atoms with Crippen LogP contribution in [0.15, 0.2) is 42.5 Å². The number of fused-ring (bicyclic) bond motifs is 1. The molecule has 1 unspecified atom stereocenters. The predicted molar refractivity (Wildman–Crippen MR) is 92.2 cm³/mol. The van der Waals surface area contributed by atoms with Gasteiger partial charge in [-0.05, 0) is 41.3 Å². The number of hydrogen-bond donors (Lipinski definition) is 0. The molecule has 0 radical (unpaired) electrons. The zero-order valence-electron chi connectivity index (χ0n) is 13.6. The molecule has 0 spiro atoms.